The molecule has 0 radical (unpaired) electrons. The Morgan fingerprint density at radius 3 is 2.35 bits per heavy atom. The number of hydrogen-bond donors (Lipinski definition) is 1. The van der Waals surface area contributed by atoms with Crippen molar-refractivity contribution in [2.24, 2.45) is 0 Å². The van der Waals surface area contributed by atoms with E-state index in [2.05, 4.69) is 4.74 Å². The molecular weight excluding hydrogens is 250 g/mol. The highest BCUT2D eigenvalue weighted by Crippen LogP contribution is 2.03. The number of hydrogen-bond acceptors (Lipinski definition) is 5. The summed E-state index contributed by atoms with van der Waals surface area (Å²) in [6.07, 6.45) is -0.0533. The molecular formula is C9H17NO6S. The summed E-state index contributed by atoms with van der Waals surface area (Å²) in [5.41, 5.74) is 0. The van der Waals surface area contributed by atoms with E-state index >= 15 is 0 Å². The molecule has 17 heavy (non-hydrogen) atoms. The molecule has 0 bridgehead atoms. The highest BCUT2D eigenvalue weighted by Gasteiger charge is 2.19. The molecule has 0 aliphatic carbocycles. The Morgan fingerprint density at radius 2 is 1.88 bits per heavy atom. The first-order valence-electron chi connectivity index (χ1n) is 5.02. The van der Waals surface area contributed by atoms with Crippen molar-refractivity contribution in [3.8, 4) is 0 Å². The van der Waals surface area contributed by atoms with E-state index < -0.39 is 22.0 Å². The van der Waals surface area contributed by atoms with E-state index in [0.717, 1.165) is 4.31 Å². The highest BCUT2D eigenvalue weighted by atomic mass is 32.2. The van der Waals surface area contributed by atoms with Crippen LogP contribution in [-0.2, 0) is 24.3 Å². The summed E-state index contributed by atoms with van der Waals surface area (Å²) in [6.45, 7) is 0.121. The van der Waals surface area contributed by atoms with E-state index in [9.17, 15) is 18.0 Å². The van der Waals surface area contributed by atoms with Crippen LogP contribution in [0, 0.1) is 0 Å². The number of carbonyl (C=O) groups excluding carboxylic acids is 1. The van der Waals surface area contributed by atoms with Gasteiger partial charge in [0.25, 0.3) is 0 Å². The minimum Gasteiger partial charge on any atom is -0.481 e. The lowest BCUT2D eigenvalue weighted by atomic mass is 10.3. The summed E-state index contributed by atoms with van der Waals surface area (Å²) >= 11 is 0. The van der Waals surface area contributed by atoms with E-state index in [1.165, 1.54) is 14.2 Å². The van der Waals surface area contributed by atoms with E-state index in [-0.39, 0.29) is 31.6 Å². The fraction of sp³-hybridized carbons (Fsp3) is 0.778. The van der Waals surface area contributed by atoms with Crippen molar-refractivity contribution in [1.82, 2.24) is 4.31 Å². The van der Waals surface area contributed by atoms with Crippen molar-refractivity contribution < 1.29 is 27.9 Å². The Morgan fingerprint density at radius 1 is 1.29 bits per heavy atom. The van der Waals surface area contributed by atoms with Crippen LogP contribution in [-0.4, -0.2) is 56.2 Å². The van der Waals surface area contributed by atoms with E-state index in [1.807, 2.05) is 0 Å². The van der Waals surface area contributed by atoms with Gasteiger partial charge in [0, 0.05) is 20.0 Å². The molecule has 0 aliphatic heterocycles. The first kappa shape index (κ1) is 15.9. The molecule has 0 heterocycles. The number of aliphatic carboxylic acids is 1. The zero-order chi connectivity index (χ0) is 13.5. The molecule has 100 valence electrons. The van der Waals surface area contributed by atoms with Crippen molar-refractivity contribution in [2.75, 3.05) is 26.5 Å². The van der Waals surface area contributed by atoms with Gasteiger partial charge in [-0.25, -0.2) is 12.7 Å². The average Bonchev–Trinajstić information content (AvgIpc) is 2.25. The smallest absolute Gasteiger partial charge is 0.306 e. The molecule has 0 saturated heterocycles. The molecule has 0 rings (SSSR count). The summed E-state index contributed by atoms with van der Waals surface area (Å²) in [6, 6.07) is 0. The Kier molecular flexibility index (Phi) is 6.74. The third-order valence-corrected chi connectivity index (χ3v) is 3.98. The number of ether oxygens (including phenoxy) is 1. The number of carbonyl (C=O) groups is 2. The van der Waals surface area contributed by atoms with Crippen LogP contribution >= 0.6 is 0 Å². The van der Waals surface area contributed by atoms with Gasteiger partial charge in [0.05, 0.1) is 19.3 Å². The average molecular weight is 267 g/mol. The van der Waals surface area contributed by atoms with Crippen molar-refractivity contribution in [3.05, 3.63) is 0 Å². The molecule has 0 aliphatic rings. The molecule has 8 heteroatoms. The van der Waals surface area contributed by atoms with Gasteiger partial charge in [-0.3, -0.25) is 9.59 Å². The third kappa shape index (κ3) is 6.90. The first-order chi connectivity index (χ1) is 7.79. The van der Waals surface area contributed by atoms with Gasteiger partial charge >= 0.3 is 11.9 Å². The van der Waals surface area contributed by atoms with Gasteiger partial charge in [0.2, 0.25) is 10.0 Å². The van der Waals surface area contributed by atoms with Crippen LogP contribution in [0.25, 0.3) is 0 Å². The van der Waals surface area contributed by atoms with Crippen LogP contribution in [0.4, 0.5) is 0 Å². The monoisotopic (exact) mass is 267 g/mol. The fourth-order valence-corrected chi connectivity index (χ4v) is 2.21. The van der Waals surface area contributed by atoms with Crippen LogP contribution in [0.5, 0.6) is 0 Å². The van der Waals surface area contributed by atoms with Gasteiger partial charge in [0.1, 0.15) is 0 Å². The molecule has 7 nitrogen and oxygen atoms in total. The topological polar surface area (TPSA) is 101 Å². The molecule has 0 spiro atoms. The van der Waals surface area contributed by atoms with Crippen LogP contribution in [0.1, 0.15) is 19.3 Å². The maximum atomic E-state index is 11.6. The zero-order valence-electron chi connectivity index (χ0n) is 9.88. The first-order valence-corrected chi connectivity index (χ1v) is 6.63. The van der Waals surface area contributed by atoms with E-state index in [0.29, 0.717) is 0 Å². The molecule has 0 atom stereocenters. The molecule has 1 N–H and O–H groups in total. The molecule has 0 aromatic rings. The minimum atomic E-state index is -3.52. The summed E-state index contributed by atoms with van der Waals surface area (Å²) in [7, 11) is -0.982. The molecule has 0 aromatic heterocycles. The fourth-order valence-electron chi connectivity index (χ4n) is 1.06. The molecule has 0 aromatic carbocycles. The number of methoxy groups -OCH3 is 1. The normalized spacial score (nSPS) is 11.5. The molecule has 0 amide bonds. The van der Waals surface area contributed by atoms with Gasteiger partial charge in [-0.05, 0) is 6.42 Å². The quantitative estimate of drug-likeness (QED) is 0.605. The molecule has 0 saturated carbocycles. The van der Waals surface area contributed by atoms with Crippen molar-refractivity contribution in [3.63, 3.8) is 0 Å². The number of carboxylic acids is 1. The second kappa shape index (κ2) is 7.23. The second-order valence-corrected chi connectivity index (χ2v) is 5.66. The number of sulfonamides is 1. The maximum absolute atomic E-state index is 11.6. The Bertz CT molecular complexity index is 364. The number of rotatable bonds is 8. The molecule has 0 fully saturated rings. The highest BCUT2D eigenvalue weighted by molar-refractivity contribution is 7.89. The Hall–Kier alpha value is -1.15. The van der Waals surface area contributed by atoms with Gasteiger partial charge in [-0.1, -0.05) is 0 Å². The van der Waals surface area contributed by atoms with Gasteiger partial charge in [-0.15, -0.1) is 0 Å². The van der Waals surface area contributed by atoms with Crippen LogP contribution < -0.4 is 0 Å². The lowest BCUT2D eigenvalue weighted by molar-refractivity contribution is -0.140. The van der Waals surface area contributed by atoms with Gasteiger partial charge in [0.15, 0.2) is 0 Å². The largest absolute Gasteiger partial charge is 0.481 e. The van der Waals surface area contributed by atoms with Crippen LogP contribution in [0.3, 0.4) is 0 Å². The minimum absolute atomic E-state index is 0.0864. The lowest BCUT2D eigenvalue weighted by Gasteiger charge is -2.16. The maximum Gasteiger partial charge on any atom is 0.306 e. The Balaban J connectivity index is 4.12. The lowest BCUT2D eigenvalue weighted by Crippen LogP contribution is -2.31. The number of nitrogens with zero attached hydrogens (tertiary/aromatic N) is 1. The SMILES string of the molecule is COC(=O)CCS(=O)(=O)N(C)CCCC(=O)O. The summed E-state index contributed by atoms with van der Waals surface area (Å²) in [5, 5.41) is 8.41. The van der Waals surface area contributed by atoms with E-state index in [1.54, 1.807) is 0 Å². The van der Waals surface area contributed by atoms with Crippen molar-refractivity contribution >= 4 is 22.0 Å². The summed E-state index contributed by atoms with van der Waals surface area (Å²) in [5.74, 6) is -1.89. The predicted octanol–water partition coefficient (Wildman–Crippen LogP) is -0.324. The standard InChI is InChI=1S/C9H17NO6S/c1-10(6-3-4-8(11)12)17(14,15)7-5-9(13)16-2/h3-7H2,1-2H3,(H,11,12). The Labute approximate surface area is 100 Å². The summed E-state index contributed by atoms with van der Waals surface area (Å²) in [4.78, 5) is 21.1. The predicted molar refractivity (Wildman–Crippen MR) is 59.9 cm³/mol. The van der Waals surface area contributed by atoms with Crippen molar-refractivity contribution in [2.45, 2.75) is 19.3 Å². The third-order valence-electron chi connectivity index (χ3n) is 2.13. The van der Waals surface area contributed by atoms with Crippen molar-refractivity contribution in [1.29, 1.82) is 0 Å². The summed E-state index contributed by atoms with van der Waals surface area (Å²) < 4.78 is 28.6. The number of esters is 1. The van der Waals surface area contributed by atoms with Gasteiger partial charge < -0.3 is 9.84 Å². The number of carboxylic acid groups (broad SMARTS) is 1. The molecule has 0 unspecified atom stereocenters. The second-order valence-electron chi connectivity index (χ2n) is 3.46. The van der Waals surface area contributed by atoms with Crippen LogP contribution in [0.15, 0.2) is 0 Å². The van der Waals surface area contributed by atoms with Gasteiger partial charge in [-0.2, -0.15) is 0 Å². The van der Waals surface area contributed by atoms with Crippen LogP contribution in [0.2, 0.25) is 0 Å². The van der Waals surface area contributed by atoms with E-state index in [4.69, 9.17) is 5.11 Å². The zero-order valence-corrected chi connectivity index (χ0v) is 10.7.